The van der Waals surface area contributed by atoms with Crippen LogP contribution in [-0.2, 0) is 14.8 Å². The van der Waals surface area contributed by atoms with E-state index >= 15 is 0 Å². The minimum atomic E-state index is -3.27. The van der Waals surface area contributed by atoms with Crippen molar-refractivity contribution in [3.63, 3.8) is 0 Å². The Morgan fingerprint density at radius 3 is 2.67 bits per heavy atom. The SMILES string of the molecule is CS(=O)(=O)NCC1CCCN(c2cc(-c3cnc4ccc(C(F)F)nn34)cc(N3CCCOC3)n2)C1. The number of piperidine rings is 1. The number of hydrogen-bond acceptors (Lipinski definition) is 8. The van der Waals surface area contributed by atoms with E-state index < -0.39 is 16.4 Å². The second kappa shape index (κ2) is 10.2. The van der Waals surface area contributed by atoms with E-state index in [1.807, 2.05) is 17.0 Å². The second-order valence-corrected chi connectivity index (χ2v) is 11.1. The van der Waals surface area contributed by atoms with Gasteiger partial charge in [0.2, 0.25) is 10.0 Å². The number of nitrogens with one attached hydrogen (secondary N) is 1. The highest BCUT2D eigenvalue weighted by molar-refractivity contribution is 7.88. The summed E-state index contributed by atoms with van der Waals surface area (Å²) in [6, 6.07) is 6.64. The first-order chi connectivity index (χ1) is 17.3. The van der Waals surface area contributed by atoms with Crippen molar-refractivity contribution in [2.45, 2.75) is 25.7 Å². The van der Waals surface area contributed by atoms with Crippen LogP contribution in [0.3, 0.4) is 0 Å². The number of alkyl halides is 2. The van der Waals surface area contributed by atoms with E-state index in [9.17, 15) is 17.2 Å². The number of sulfonamides is 1. The van der Waals surface area contributed by atoms with Gasteiger partial charge in [0.1, 0.15) is 24.1 Å². The molecule has 194 valence electrons. The van der Waals surface area contributed by atoms with E-state index in [2.05, 4.69) is 19.7 Å². The smallest absolute Gasteiger partial charge is 0.282 e. The number of hydrogen-bond donors (Lipinski definition) is 1. The van der Waals surface area contributed by atoms with Crippen LogP contribution >= 0.6 is 0 Å². The fourth-order valence-electron chi connectivity index (χ4n) is 4.66. The van der Waals surface area contributed by atoms with Gasteiger partial charge in [-0.15, -0.1) is 0 Å². The third-order valence-electron chi connectivity index (χ3n) is 6.47. The van der Waals surface area contributed by atoms with Crippen LogP contribution in [0.2, 0.25) is 0 Å². The Bertz CT molecular complexity index is 1330. The first-order valence-electron chi connectivity index (χ1n) is 11.9. The molecule has 1 unspecified atom stereocenters. The fraction of sp³-hybridized carbons (Fsp3) is 0.522. The third-order valence-corrected chi connectivity index (χ3v) is 7.16. The summed E-state index contributed by atoms with van der Waals surface area (Å²) in [5.74, 6) is 1.60. The standard InChI is InChI=1S/C23H29F2N7O3S/c1-36(33,34)27-12-16-4-2-7-30(14-16)21-10-17(11-22(28-21)31-8-3-9-35-15-31)19-13-26-20-6-5-18(23(24)25)29-32(19)20/h5-6,10-11,13,16,23,27H,2-4,7-9,12,14-15H2,1H3. The van der Waals surface area contributed by atoms with Gasteiger partial charge in [-0.2, -0.15) is 5.10 Å². The normalized spacial score (nSPS) is 19.4. The van der Waals surface area contributed by atoms with E-state index in [1.165, 1.54) is 16.6 Å². The number of aromatic nitrogens is 4. The number of imidazole rings is 1. The lowest BCUT2D eigenvalue weighted by Gasteiger charge is -2.35. The van der Waals surface area contributed by atoms with Gasteiger partial charge in [0.25, 0.3) is 6.43 Å². The number of halogens is 2. The highest BCUT2D eigenvalue weighted by atomic mass is 32.2. The zero-order valence-corrected chi connectivity index (χ0v) is 20.8. The molecule has 0 bridgehead atoms. The Balaban J connectivity index is 1.52. The van der Waals surface area contributed by atoms with Crippen molar-refractivity contribution < 1.29 is 21.9 Å². The van der Waals surface area contributed by atoms with Gasteiger partial charge in [-0.3, -0.25) is 0 Å². The molecule has 10 nitrogen and oxygen atoms in total. The molecule has 0 saturated carbocycles. The van der Waals surface area contributed by atoms with Gasteiger partial charge in [-0.05, 0) is 49.4 Å². The predicted octanol–water partition coefficient (Wildman–Crippen LogP) is 2.68. The molecule has 2 fully saturated rings. The molecular formula is C23H29F2N7O3S. The molecule has 0 aromatic carbocycles. The molecule has 0 spiro atoms. The van der Waals surface area contributed by atoms with Crippen LogP contribution in [-0.4, -0.2) is 73.8 Å². The Morgan fingerprint density at radius 2 is 1.94 bits per heavy atom. The number of pyridine rings is 1. The molecule has 36 heavy (non-hydrogen) atoms. The minimum absolute atomic E-state index is 0.145. The van der Waals surface area contributed by atoms with Crippen LogP contribution in [0.5, 0.6) is 0 Å². The van der Waals surface area contributed by atoms with Gasteiger partial charge < -0.3 is 14.5 Å². The topological polar surface area (TPSA) is 105 Å². The van der Waals surface area contributed by atoms with Crippen LogP contribution in [0.4, 0.5) is 20.4 Å². The van der Waals surface area contributed by atoms with E-state index in [1.54, 1.807) is 6.20 Å². The number of anilines is 2. The van der Waals surface area contributed by atoms with Crippen molar-refractivity contribution in [2.75, 3.05) is 55.6 Å². The molecule has 1 atom stereocenters. The summed E-state index contributed by atoms with van der Waals surface area (Å²) < 4.78 is 59.5. The summed E-state index contributed by atoms with van der Waals surface area (Å²) in [6.45, 7) is 3.70. The van der Waals surface area contributed by atoms with Gasteiger partial charge >= 0.3 is 0 Å². The highest BCUT2D eigenvalue weighted by Crippen LogP contribution is 2.31. The van der Waals surface area contributed by atoms with Crippen molar-refractivity contribution in [3.05, 3.63) is 36.2 Å². The number of rotatable bonds is 7. The predicted molar refractivity (Wildman–Crippen MR) is 132 cm³/mol. The summed E-state index contributed by atoms with van der Waals surface area (Å²) in [7, 11) is -3.27. The average molecular weight is 522 g/mol. The molecule has 2 saturated heterocycles. The van der Waals surface area contributed by atoms with E-state index in [4.69, 9.17) is 9.72 Å². The zero-order chi connectivity index (χ0) is 25.3. The Labute approximate surface area is 208 Å². The molecule has 5 rings (SSSR count). The largest absolute Gasteiger partial charge is 0.361 e. The molecular weight excluding hydrogens is 492 g/mol. The molecule has 1 N–H and O–H groups in total. The van der Waals surface area contributed by atoms with Gasteiger partial charge in [0, 0.05) is 31.7 Å². The van der Waals surface area contributed by atoms with Crippen molar-refractivity contribution >= 4 is 27.3 Å². The average Bonchev–Trinajstić information content (AvgIpc) is 3.31. The summed E-state index contributed by atoms with van der Waals surface area (Å²) in [5, 5.41) is 4.12. The lowest BCUT2D eigenvalue weighted by atomic mass is 9.98. The summed E-state index contributed by atoms with van der Waals surface area (Å²) in [4.78, 5) is 13.5. The summed E-state index contributed by atoms with van der Waals surface area (Å²) >= 11 is 0. The van der Waals surface area contributed by atoms with Crippen LogP contribution in [0.25, 0.3) is 16.9 Å². The number of fused-ring (bicyclic) bond motifs is 1. The van der Waals surface area contributed by atoms with Crippen LogP contribution < -0.4 is 14.5 Å². The number of nitrogens with zero attached hydrogens (tertiary/aromatic N) is 6. The minimum Gasteiger partial charge on any atom is -0.361 e. The molecule has 5 heterocycles. The van der Waals surface area contributed by atoms with E-state index in [-0.39, 0.29) is 11.6 Å². The highest BCUT2D eigenvalue weighted by Gasteiger charge is 2.24. The quantitative estimate of drug-likeness (QED) is 0.506. The lowest BCUT2D eigenvalue weighted by molar-refractivity contribution is 0.106. The molecule has 2 aliphatic rings. The van der Waals surface area contributed by atoms with Crippen molar-refractivity contribution in [1.82, 2.24) is 24.3 Å². The van der Waals surface area contributed by atoms with Gasteiger partial charge in [-0.1, -0.05) is 0 Å². The van der Waals surface area contributed by atoms with Crippen LogP contribution in [0.1, 0.15) is 31.4 Å². The molecule has 0 aliphatic carbocycles. The summed E-state index contributed by atoms with van der Waals surface area (Å²) in [5.41, 5.74) is 1.49. The monoisotopic (exact) mass is 521 g/mol. The maximum Gasteiger partial charge on any atom is 0.282 e. The Morgan fingerprint density at radius 1 is 1.17 bits per heavy atom. The summed E-state index contributed by atoms with van der Waals surface area (Å²) in [6.07, 6.45) is 2.79. The number of ether oxygens (including phenoxy) is 1. The Hall–Kier alpha value is -2.90. The molecule has 3 aromatic rings. The van der Waals surface area contributed by atoms with Gasteiger partial charge in [0.15, 0.2) is 5.65 Å². The molecule has 0 radical (unpaired) electrons. The van der Waals surface area contributed by atoms with Crippen molar-refractivity contribution in [3.8, 4) is 11.3 Å². The maximum absolute atomic E-state index is 13.3. The molecule has 2 aliphatic heterocycles. The van der Waals surface area contributed by atoms with E-state index in [0.717, 1.165) is 55.8 Å². The molecule has 0 amide bonds. The van der Waals surface area contributed by atoms with E-state index in [0.29, 0.717) is 37.8 Å². The van der Waals surface area contributed by atoms with Crippen LogP contribution in [0.15, 0.2) is 30.5 Å². The van der Waals surface area contributed by atoms with Gasteiger partial charge in [0.05, 0.1) is 24.8 Å². The molecule has 3 aromatic heterocycles. The second-order valence-electron chi connectivity index (χ2n) is 9.27. The van der Waals surface area contributed by atoms with Crippen LogP contribution in [0, 0.1) is 5.92 Å². The van der Waals surface area contributed by atoms with Gasteiger partial charge in [-0.25, -0.2) is 36.4 Å². The Kier molecular flexibility index (Phi) is 7.04. The molecule has 13 heteroatoms. The fourth-order valence-corrected chi connectivity index (χ4v) is 5.20. The zero-order valence-electron chi connectivity index (χ0n) is 20.0. The lowest BCUT2D eigenvalue weighted by Crippen LogP contribution is -2.41. The maximum atomic E-state index is 13.3. The van der Waals surface area contributed by atoms with Crippen molar-refractivity contribution in [1.29, 1.82) is 0 Å². The first kappa shape index (κ1) is 24.8. The first-order valence-corrected chi connectivity index (χ1v) is 13.8. The third kappa shape index (κ3) is 5.57. The van der Waals surface area contributed by atoms with Crippen molar-refractivity contribution in [2.24, 2.45) is 5.92 Å².